The first-order valence-corrected chi connectivity index (χ1v) is 3.86. The maximum atomic E-state index is 13.2. The molecule has 0 fully saturated rings. The molecule has 0 spiro atoms. The van der Waals surface area contributed by atoms with Crippen LogP contribution in [0.4, 0.5) is 4.39 Å². The number of rotatable bonds is 0. The predicted octanol–water partition coefficient (Wildman–Crippen LogP) is 2.66. The number of H-pyrrole nitrogens is 1. The maximum absolute atomic E-state index is 13.2. The van der Waals surface area contributed by atoms with Crippen LogP contribution in [0.2, 0.25) is 5.02 Å². The third-order valence-corrected chi connectivity index (χ3v) is 2.10. The lowest BCUT2D eigenvalue weighted by molar-refractivity contribution is 0.636. The Morgan fingerprint density at radius 1 is 1.50 bits per heavy atom. The minimum absolute atomic E-state index is 0.106. The van der Waals surface area contributed by atoms with E-state index in [1.807, 2.05) is 6.92 Å². The second-order valence-electron chi connectivity index (χ2n) is 2.61. The SMILES string of the molecule is Cc1[nH]nc2c(F)c(Cl)ccc12. The van der Waals surface area contributed by atoms with Crippen LogP contribution < -0.4 is 0 Å². The average molecular weight is 185 g/mol. The Hall–Kier alpha value is -1.09. The summed E-state index contributed by atoms with van der Waals surface area (Å²) in [6.45, 7) is 1.84. The van der Waals surface area contributed by atoms with E-state index >= 15 is 0 Å². The van der Waals surface area contributed by atoms with Crippen molar-refractivity contribution in [2.45, 2.75) is 6.92 Å². The summed E-state index contributed by atoms with van der Waals surface area (Å²) in [5.74, 6) is -0.460. The zero-order valence-corrected chi connectivity index (χ0v) is 7.11. The Balaban J connectivity index is 2.93. The number of halogens is 2. The number of nitrogens with one attached hydrogen (secondary N) is 1. The van der Waals surface area contributed by atoms with Crippen molar-refractivity contribution in [3.63, 3.8) is 0 Å². The fourth-order valence-corrected chi connectivity index (χ4v) is 1.30. The second kappa shape index (κ2) is 2.45. The lowest BCUT2D eigenvalue weighted by atomic mass is 10.2. The van der Waals surface area contributed by atoms with Crippen LogP contribution in [0.15, 0.2) is 12.1 Å². The van der Waals surface area contributed by atoms with Gasteiger partial charge in [-0.2, -0.15) is 5.10 Å². The first-order valence-electron chi connectivity index (χ1n) is 3.49. The number of aromatic nitrogens is 2. The molecule has 0 aliphatic rings. The highest BCUT2D eigenvalue weighted by molar-refractivity contribution is 6.31. The molecule has 0 aliphatic carbocycles. The topological polar surface area (TPSA) is 28.7 Å². The van der Waals surface area contributed by atoms with E-state index in [1.54, 1.807) is 6.07 Å². The molecule has 0 bridgehead atoms. The molecule has 2 nitrogen and oxygen atoms in total. The molecule has 12 heavy (non-hydrogen) atoms. The van der Waals surface area contributed by atoms with E-state index in [2.05, 4.69) is 10.2 Å². The van der Waals surface area contributed by atoms with Crippen molar-refractivity contribution in [3.8, 4) is 0 Å². The number of aryl methyl sites for hydroxylation is 1. The molecule has 0 aliphatic heterocycles. The molecule has 4 heteroatoms. The maximum Gasteiger partial charge on any atom is 0.169 e. The number of hydrogen-bond acceptors (Lipinski definition) is 1. The molecule has 0 saturated heterocycles. The smallest absolute Gasteiger partial charge is 0.169 e. The number of nitrogens with zero attached hydrogens (tertiary/aromatic N) is 1. The van der Waals surface area contributed by atoms with Crippen molar-refractivity contribution in [2.24, 2.45) is 0 Å². The van der Waals surface area contributed by atoms with Gasteiger partial charge >= 0.3 is 0 Å². The Morgan fingerprint density at radius 2 is 2.25 bits per heavy atom. The standard InChI is InChI=1S/C8H6ClFN2/c1-4-5-2-3-6(9)7(10)8(5)12-11-4/h2-3H,1H3,(H,11,12). The summed E-state index contributed by atoms with van der Waals surface area (Å²) in [6, 6.07) is 3.28. The van der Waals surface area contributed by atoms with Crippen molar-refractivity contribution in [1.29, 1.82) is 0 Å². The first kappa shape index (κ1) is 7.55. The molecule has 62 valence electrons. The fourth-order valence-electron chi connectivity index (χ4n) is 1.15. The van der Waals surface area contributed by atoms with Crippen LogP contribution in [-0.4, -0.2) is 10.2 Å². The minimum Gasteiger partial charge on any atom is -0.282 e. The van der Waals surface area contributed by atoms with Crippen LogP contribution in [0.1, 0.15) is 5.69 Å². The Morgan fingerprint density at radius 3 is 3.00 bits per heavy atom. The minimum atomic E-state index is -0.460. The zero-order chi connectivity index (χ0) is 8.72. The fraction of sp³-hybridized carbons (Fsp3) is 0.125. The number of aromatic amines is 1. The molecule has 0 atom stereocenters. The van der Waals surface area contributed by atoms with Crippen LogP contribution in [0.25, 0.3) is 10.9 Å². The quantitative estimate of drug-likeness (QED) is 0.670. The van der Waals surface area contributed by atoms with Crippen molar-refractivity contribution in [2.75, 3.05) is 0 Å². The predicted molar refractivity (Wildman–Crippen MR) is 45.8 cm³/mol. The van der Waals surface area contributed by atoms with Crippen molar-refractivity contribution in [3.05, 3.63) is 28.7 Å². The molecule has 0 saturated carbocycles. The monoisotopic (exact) mass is 184 g/mol. The molecule has 1 N–H and O–H groups in total. The van der Waals surface area contributed by atoms with Gasteiger partial charge in [-0.05, 0) is 19.1 Å². The van der Waals surface area contributed by atoms with Gasteiger partial charge in [0.25, 0.3) is 0 Å². The van der Waals surface area contributed by atoms with Gasteiger partial charge in [0, 0.05) is 11.1 Å². The Kier molecular flexibility index (Phi) is 1.54. The average Bonchev–Trinajstić information content (AvgIpc) is 2.41. The van der Waals surface area contributed by atoms with E-state index in [1.165, 1.54) is 6.07 Å². The molecule has 0 unspecified atom stereocenters. The summed E-state index contributed by atoms with van der Waals surface area (Å²) in [6.07, 6.45) is 0. The van der Waals surface area contributed by atoms with Gasteiger partial charge < -0.3 is 0 Å². The summed E-state index contributed by atoms with van der Waals surface area (Å²) in [7, 11) is 0. The van der Waals surface area contributed by atoms with E-state index in [0.717, 1.165) is 11.1 Å². The van der Waals surface area contributed by atoms with Gasteiger partial charge in [-0.25, -0.2) is 4.39 Å². The molecular formula is C8H6ClFN2. The molecule has 0 amide bonds. The number of fused-ring (bicyclic) bond motifs is 1. The third kappa shape index (κ3) is 0.898. The van der Waals surface area contributed by atoms with Gasteiger partial charge in [0.15, 0.2) is 5.82 Å². The molecule has 2 aromatic rings. The summed E-state index contributed by atoms with van der Waals surface area (Å²) < 4.78 is 13.2. The van der Waals surface area contributed by atoms with Crippen LogP contribution in [0.3, 0.4) is 0 Å². The van der Waals surface area contributed by atoms with Gasteiger partial charge in [-0.3, -0.25) is 5.10 Å². The van der Waals surface area contributed by atoms with E-state index in [-0.39, 0.29) is 5.02 Å². The lowest BCUT2D eigenvalue weighted by Gasteiger charge is -1.93. The highest BCUT2D eigenvalue weighted by Crippen LogP contribution is 2.24. The summed E-state index contributed by atoms with van der Waals surface area (Å²) >= 11 is 5.57. The van der Waals surface area contributed by atoms with E-state index in [0.29, 0.717) is 5.52 Å². The van der Waals surface area contributed by atoms with Crippen LogP contribution >= 0.6 is 11.6 Å². The third-order valence-electron chi connectivity index (χ3n) is 1.81. The van der Waals surface area contributed by atoms with Gasteiger partial charge in [-0.15, -0.1) is 0 Å². The molecule has 1 aromatic carbocycles. The zero-order valence-electron chi connectivity index (χ0n) is 6.36. The van der Waals surface area contributed by atoms with Crippen LogP contribution in [0.5, 0.6) is 0 Å². The first-order chi connectivity index (χ1) is 5.70. The normalized spacial score (nSPS) is 10.9. The Bertz CT molecular complexity index is 436. The van der Waals surface area contributed by atoms with Crippen LogP contribution in [0, 0.1) is 12.7 Å². The van der Waals surface area contributed by atoms with Crippen molar-refractivity contribution >= 4 is 22.5 Å². The highest BCUT2D eigenvalue weighted by atomic mass is 35.5. The van der Waals surface area contributed by atoms with E-state index < -0.39 is 5.82 Å². The van der Waals surface area contributed by atoms with Gasteiger partial charge in [0.05, 0.1) is 5.02 Å². The van der Waals surface area contributed by atoms with Crippen molar-refractivity contribution in [1.82, 2.24) is 10.2 Å². The number of hydrogen-bond donors (Lipinski definition) is 1. The van der Waals surface area contributed by atoms with Crippen LogP contribution in [-0.2, 0) is 0 Å². The molecule has 1 aromatic heterocycles. The lowest BCUT2D eigenvalue weighted by Crippen LogP contribution is -1.79. The van der Waals surface area contributed by atoms with Gasteiger partial charge in [0.1, 0.15) is 5.52 Å². The highest BCUT2D eigenvalue weighted by Gasteiger charge is 2.09. The van der Waals surface area contributed by atoms with Crippen molar-refractivity contribution < 1.29 is 4.39 Å². The Labute approximate surface area is 73.3 Å². The summed E-state index contributed by atoms with van der Waals surface area (Å²) in [5.41, 5.74) is 1.15. The largest absolute Gasteiger partial charge is 0.282 e. The molecule has 1 heterocycles. The summed E-state index contributed by atoms with van der Waals surface area (Å²) in [5, 5.41) is 7.37. The molecule has 0 radical (unpaired) electrons. The summed E-state index contributed by atoms with van der Waals surface area (Å²) in [4.78, 5) is 0. The molecule has 2 rings (SSSR count). The van der Waals surface area contributed by atoms with Gasteiger partial charge in [-0.1, -0.05) is 11.6 Å². The molecular weight excluding hydrogens is 179 g/mol. The van der Waals surface area contributed by atoms with Gasteiger partial charge in [0.2, 0.25) is 0 Å². The van der Waals surface area contributed by atoms with E-state index in [4.69, 9.17) is 11.6 Å². The number of benzene rings is 1. The second-order valence-corrected chi connectivity index (χ2v) is 3.01. The van der Waals surface area contributed by atoms with E-state index in [9.17, 15) is 4.39 Å².